The van der Waals surface area contributed by atoms with Crippen LogP contribution in [0.5, 0.6) is 0 Å². The molecule has 2 unspecified atom stereocenters. The molecule has 1 aromatic carbocycles. The predicted molar refractivity (Wildman–Crippen MR) is 50.0 cm³/mol. The Balaban J connectivity index is 3.14. The highest BCUT2D eigenvalue weighted by Crippen LogP contribution is 2.27. The van der Waals surface area contributed by atoms with E-state index in [1.807, 2.05) is 0 Å². The average Bonchev–Trinajstić information content (AvgIpc) is 2.24. The highest BCUT2D eigenvalue weighted by Gasteiger charge is 2.28. The monoisotopic (exact) mass is 252 g/mol. The van der Waals surface area contributed by atoms with Gasteiger partial charge in [-0.2, -0.15) is 0 Å². The van der Waals surface area contributed by atoms with E-state index in [0.717, 1.165) is 12.1 Å². The van der Waals surface area contributed by atoms with Crippen molar-refractivity contribution in [2.75, 3.05) is 0 Å². The molecule has 7 heteroatoms. The van der Waals surface area contributed by atoms with E-state index in [9.17, 15) is 18.7 Å². The van der Waals surface area contributed by atoms with Crippen LogP contribution in [0, 0.1) is 11.6 Å². The highest BCUT2D eigenvalue weighted by molar-refractivity contribution is 6.30. The highest BCUT2D eigenvalue weighted by atomic mass is 35.5. The minimum Gasteiger partial charge on any atom is -0.479 e. The van der Waals surface area contributed by atoms with E-state index in [-0.39, 0.29) is 0 Å². The fourth-order valence-electron chi connectivity index (χ4n) is 1.07. The van der Waals surface area contributed by atoms with Crippen molar-refractivity contribution in [3.05, 3.63) is 34.4 Å². The number of hydrogen-bond donors (Lipinski definition) is 3. The van der Waals surface area contributed by atoms with Gasteiger partial charge in [0, 0.05) is 5.56 Å². The lowest BCUT2D eigenvalue weighted by atomic mass is 10.0. The van der Waals surface area contributed by atoms with E-state index in [1.165, 1.54) is 0 Å². The smallest absolute Gasteiger partial charge is 0.335 e. The first-order chi connectivity index (χ1) is 7.36. The van der Waals surface area contributed by atoms with Crippen LogP contribution < -0.4 is 0 Å². The molecule has 3 N–H and O–H groups in total. The van der Waals surface area contributed by atoms with Crippen LogP contribution >= 0.6 is 11.6 Å². The van der Waals surface area contributed by atoms with Crippen molar-refractivity contribution in [2.45, 2.75) is 12.2 Å². The number of rotatable bonds is 3. The van der Waals surface area contributed by atoms with Gasteiger partial charge in [-0.05, 0) is 6.07 Å². The van der Waals surface area contributed by atoms with Gasteiger partial charge in [0.1, 0.15) is 16.9 Å². The van der Waals surface area contributed by atoms with Crippen molar-refractivity contribution >= 4 is 17.6 Å². The van der Waals surface area contributed by atoms with Gasteiger partial charge >= 0.3 is 5.97 Å². The summed E-state index contributed by atoms with van der Waals surface area (Å²) in [5, 5.41) is 25.8. The van der Waals surface area contributed by atoms with E-state index in [1.54, 1.807) is 0 Å². The third kappa shape index (κ3) is 2.29. The quantitative estimate of drug-likeness (QED) is 0.704. The minimum atomic E-state index is -2.21. The number of benzene rings is 1. The maximum absolute atomic E-state index is 13.3. The summed E-state index contributed by atoms with van der Waals surface area (Å²) in [6.07, 6.45) is -4.23. The number of halogens is 3. The SMILES string of the molecule is O=C(O)C(O)C(O)c1ccc(F)c(Cl)c1F. The van der Waals surface area contributed by atoms with Crippen molar-refractivity contribution in [1.29, 1.82) is 0 Å². The van der Waals surface area contributed by atoms with Crippen molar-refractivity contribution in [3.63, 3.8) is 0 Å². The van der Waals surface area contributed by atoms with Gasteiger partial charge in [-0.15, -0.1) is 0 Å². The van der Waals surface area contributed by atoms with Crippen molar-refractivity contribution < 1.29 is 28.9 Å². The number of carboxylic acids is 1. The second-order valence-corrected chi connectivity index (χ2v) is 3.37. The maximum Gasteiger partial charge on any atom is 0.335 e. The third-order valence-corrected chi connectivity index (χ3v) is 2.28. The zero-order valence-electron chi connectivity index (χ0n) is 7.69. The average molecular weight is 253 g/mol. The topological polar surface area (TPSA) is 77.8 Å². The Morgan fingerprint density at radius 3 is 2.38 bits per heavy atom. The summed E-state index contributed by atoms with van der Waals surface area (Å²) in [5.74, 6) is -4.07. The molecule has 0 amide bonds. The van der Waals surface area contributed by atoms with Crippen LogP contribution in [0.15, 0.2) is 12.1 Å². The van der Waals surface area contributed by atoms with Gasteiger partial charge in [0.05, 0.1) is 0 Å². The van der Waals surface area contributed by atoms with E-state index in [0.29, 0.717) is 0 Å². The number of aliphatic carboxylic acids is 1. The molecule has 16 heavy (non-hydrogen) atoms. The molecule has 0 saturated carbocycles. The second kappa shape index (κ2) is 4.73. The van der Waals surface area contributed by atoms with Crippen LogP contribution in [0.4, 0.5) is 8.78 Å². The lowest BCUT2D eigenvalue weighted by Crippen LogP contribution is -2.28. The van der Waals surface area contributed by atoms with Crippen LogP contribution in [-0.2, 0) is 4.79 Å². The molecule has 88 valence electrons. The fraction of sp³-hybridized carbons (Fsp3) is 0.222. The molecule has 0 aromatic heterocycles. The number of carboxylic acid groups (broad SMARTS) is 1. The Morgan fingerprint density at radius 1 is 1.31 bits per heavy atom. The predicted octanol–water partition coefficient (Wildman–Crippen LogP) is 1.10. The third-order valence-electron chi connectivity index (χ3n) is 1.94. The molecule has 0 saturated heterocycles. The van der Waals surface area contributed by atoms with Gasteiger partial charge in [0.2, 0.25) is 0 Å². The summed E-state index contributed by atoms with van der Waals surface area (Å²) in [4.78, 5) is 10.3. The second-order valence-electron chi connectivity index (χ2n) is 2.99. The van der Waals surface area contributed by atoms with Gasteiger partial charge < -0.3 is 15.3 Å². The molecule has 0 radical (unpaired) electrons. The molecule has 0 spiro atoms. The first-order valence-electron chi connectivity index (χ1n) is 4.08. The lowest BCUT2D eigenvalue weighted by Gasteiger charge is -2.15. The fourth-order valence-corrected chi connectivity index (χ4v) is 1.25. The van der Waals surface area contributed by atoms with Crippen molar-refractivity contribution in [2.24, 2.45) is 0 Å². The van der Waals surface area contributed by atoms with Gasteiger partial charge in [-0.3, -0.25) is 0 Å². The molecule has 4 nitrogen and oxygen atoms in total. The van der Waals surface area contributed by atoms with E-state index in [4.69, 9.17) is 21.8 Å². The maximum atomic E-state index is 13.3. The molecular weight excluding hydrogens is 246 g/mol. The zero-order chi connectivity index (χ0) is 12.5. The summed E-state index contributed by atoms with van der Waals surface area (Å²) in [6, 6.07) is 1.58. The molecule has 0 bridgehead atoms. The Labute approximate surface area is 93.7 Å². The lowest BCUT2D eigenvalue weighted by molar-refractivity contribution is -0.153. The molecule has 0 aliphatic rings. The number of aliphatic hydroxyl groups is 2. The minimum absolute atomic E-state index is 0.582. The van der Waals surface area contributed by atoms with Gasteiger partial charge in [-0.25, -0.2) is 13.6 Å². The van der Waals surface area contributed by atoms with Crippen LogP contribution in [0.25, 0.3) is 0 Å². The summed E-state index contributed by atoms with van der Waals surface area (Å²) in [6.45, 7) is 0. The van der Waals surface area contributed by atoms with E-state index >= 15 is 0 Å². The molecule has 0 aliphatic heterocycles. The Kier molecular flexibility index (Phi) is 3.79. The standard InChI is InChI=1S/C9H7ClF2O4/c10-5-4(11)2-1-3(6(5)12)7(13)8(14)9(15)16/h1-2,7-8,13-14H,(H,15,16). The van der Waals surface area contributed by atoms with Crippen LogP contribution in [-0.4, -0.2) is 27.4 Å². The molecule has 1 aromatic rings. The van der Waals surface area contributed by atoms with Crippen molar-refractivity contribution in [1.82, 2.24) is 0 Å². The van der Waals surface area contributed by atoms with Crippen molar-refractivity contribution in [3.8, 4) is 0 Å². The van der Waals surface area contributed by atoms with E-state index in [2.05, 4.69) is 0 Å². The number of hydrogen-bond acceptors (Lipinski definition) is 3. The van der Waals surface area contributed by atoms with Crippen LogP contribution in [0.3, 0.4) is 0 Å². The zero-order valence-corrected chi connectivity index (χ0v) is 8.45. The van der Waals surface area contributed by atoms with Crippen LogP contribution in [0.1, 0.15) is 11.7 Å². The molecular formula is C9H7ClF2O4. The largest absolute Gasteiger partial charge is 0.479 e. The molecule has 1 rings (SSSR count). The number of aliphatic hydroxyl groups excluding tert-OH is 2. The summed E-state index contributed by atoms with van der Waals surface area (Å²) in [5.41, 5.74) is -0.582. The van der Waals surface area contributed by atoms with Gasteiger partial charge in [0.15, 0.2) is 11.9 Å². The summed E-state index contributed by atoms with van der Waals surface area (Å²) < 4.78 is 26.1. The summed E-state index contributed by atoms with van der Waals surface area (Å²) in [7, 11) is 0. The number of carbonyl (C=O) groups is 1. The first-order valence-corrected chi connectivity index (χ1v) is 4.46. The molecule has 0 aliphatic carbocycles. The molecule has 2 atom stereocenters. The Morgan fingerprint density at radius 2 is 1.88 bits per heavy atom. The first kappa shape index (κ1) is 12.8. The molecule has 0 heterocycles. The Hall–Kier alpha value is -1.24. The van der Waals surface area contributed by atoms with E-state index < -0.39 is 40.4 Å². The molecule has 0 fully saturated rings. The van der Waals surface area contributed by atoms with Crippen LogP contribution in [0.2, 0.25) is 5.02 Å². The van der Waals surface area contributed by atoms with Gasteiger partial charge in [-0.1, -0.05) is 17.7 Å². The normalized spacial score (nSPS) is 14.6. The van der Waals surface area contributed by atoms with Gasteiger partial charge in [0.25, 0.3) is 0 Å². The Bertz CT molecular complexity index is 424. The summed E-state index contributed by atoms with van der Waals surface area (Å²) >= 11 is 5.22.